The van der Waals surface area contributed by atoms with Gasteiger partial charge in [0.1, 0.15) is 17.6 Å². The lowest BCUT2D eigenvalue weighted by Gasteiger charge is -2.34. The number of carbonyl (C=O) groups excluding carboxylic acids is 1. The van der Waals surface area contributed by atoms with Gasteiger partial charge in [0.2, 0.25) is 11.9 Å². The molecule has 0 bridgehead atoms. The maximum Gasteiger partial charge on any atom is 0.234 e. The van der Waals surface area contributed by atoms with E-state index in [1.807, 2.05) is 19.1 Å². The first-order valence-corrected chi connectivity index (χ1v) is 10.6. The Balaban J connectivity index is 1.29. The van der Waals surface area contributed by atoms with E-state index in [-0.39, 0.29) is 12.0 Å². The van der Waals surface area contributed by atoms with Crippen molar-refractivity contribution >= 4 is 11.9 Å². The summed E-state index contributed by atoms with van der Waals surface area (Å²) < 4.78 is 11.7. The third kappa shape index (κ3) is 4.81. The molecule has 1 aromatic carbocycles. The second kappa shape index (κ2) is 9.30. The van der Waals surface area contributed by atoms with Crippen molar-refractivity contribution in [3.8, 4) is 11.5 Å². The number of ether oxygens (including phenoxy) is 2. The fraction of sp³-hybridized carbons (Fsp3) is 0.500. The summed E-state index contributed by atoms with van der Waals surface area (Å²) in [7, 11) is 0. The highest BCUT2D eigenvalue weighted by molar-refractivity contribution is 5.78. The SMILES string of the molecule is CCOc1cc2c(cc1CNC(=O)CN1CCN(c3ncccn3)CC1)O[C@@H](C)C2. The molecule has 0 unspecified atom stereocenters. The van der Waals surface area contributed by atoms with Crippen LogP contribution in [0.1, 0.15) is 25.0 Å². The highest BCUT2D eigenvalue weighted by atomic mass is 16.5. The zero-order chi connectivity index (χ0) is 20.9. The third-order valence-electron chi connectivity index (χ3n) is 5.43. The number of aromatic nitrogens is 2. The standard InChI is InChI=1S/C22H29N5O3/c1-3-29-19-12-17-11-16(2)30-20(17)13-18(19)14-25-21(28)15-26-7-9-27(10-8-26)22-23-5-4-6-24-22/h4-6,12-13,16H,3,7-11,14-15H2,1-2H3,(H,25,28)/t16-/m0/s1. The maximum absolute atomic E-state index is 12.5. The molecule has 1 aromatic heterocycles. The van der Waals surface area contributed by atoms with Crippen molar-refractivity contribution in [3.05, 3.63) is 41.7 Å². The van der Waals surface area contributed by atoms with E-state index >= 15 is 0 Å². The molecule has 3 heterocycles. The largest absolute Gasteiger partial charge is 0.494 e. The Labute approximate surface area is 177 Å². The topological polar surface area (TPSA) is 79.8 Å². The van der Waals surface area contributed by atoms with Crippen molar-refractivity contribution in [2.24, 2.45) is 0 Å². The molecule has 0 spiro atoms. The van der Waals surface area contributed by atoms with E-state index in [1.165, 1.54) is 5.56 Å². The first kappa shape index (κ1) is 20.4. The van der Waals surface area contributed by atoms with Gasteiger partial charge >= 0.3 is 0 Å². The van der Waals surface area contributed by atoms with Gasteiger partial charge in [0, 0.05) is 62.7 Å². The fourth-order valence-electron chi connectivity index (χ4n) is 3.92. The highest BCUT2D eigenvalue weighted by Gasteiger charge is 2.23. The lowest BCUT2D eigenvalue weighted by Crippen LogP contribution is -2.49. The third-order valence-corrected chi connectivity index (χ3v) is 5.43. The van der Waals surface area contributed by atoms with Crippen LogP contribution in [0, 0.1) is 0 Å². The highest BCUT2D eigenvalue weighted by Crippen LogP contribution is 2.35. The number of nitrogens with zero attached hydrogens (tertiary/aromatic N) is 4. The van der Waals surface area contributed by atoms with Crippen LogP contribution in [0.25, 0.3) is 0 Å². The zero-order valence-electron chi connectivity index (χ0n) is 17.6. The van der Waals surface area contributed by atoms with Gasteiger partial charge in [-0.25, -0.2) is 9.97 Å². The van der Waals surface area contributed by atoms with Crippen molar-refractivity contribution in [3.63, 3.8) is 0 Å². The van der Waals surface area contributed by atoms with Crippen molar-refractivity contribution in [2.75, 3.05) is 44.2 Å². The average Bonchev–Trinajstić information content (AvgIpc) is 3.12. The number of piperazine rings is 1. The molecule has 160 valence electrons. The molecule has 2 aromatic rings. The summed E-state index contributed by atoms with van der Waals surface area (Å²) in [4.78, 5) is 25.4. The van der Waals surface area contributed by atoms with Crippen LogP contribution < -0.4 is 19.7 Å². The molecule has 1 N–H and O–H groups in total. The summed E-state index contributed by atoms with van der Waals surface area (Å²) in [5.41, 5.74) is 2.12. The molecule has 0 aliphatic carbocycles. The van der Waals surface area contributed by atoms with Gasteiger partial charge in [-0.1, -0.05) is 0 Å². The van der Waals surface area contributed by atoms with Crippen molar-refractivity contribution in [1.82, 2.24) is 20.2 Å². The summed E-state index contributed by atoms with van der Waals surface area (Å²) in [6.45, 7) is 8.66. The molecule has 2 aliphatic heterocycles. The predicted molar refractivity (Wildman–Crippen MR) is 114 cm³/mol. The van der Waals surface area contributed by atoms with Crippen LogP contribution in [-0.4, -0.2) is 66.2 Å². The molecule has 0 saturated carbocycles. The fourth-order valence-corrected chi connectivity index (χ4v) is 3.92. The first-order valence-electron chi connectivity index (χ1n) is 10.6. The number of fused-ring (bicyclic) bond motifs is 1. The van der Waals surface area contributed by atoms with Crippen LogP contribution >= 0.6 is 0 Å². The zero-order valence-corrected chi connectivity index (χ0v) is 17.6. The van der Waals surface area contributed by atoms with Gasteiger partial charge in [0.05, 0.1) is 13.2 Å². The van der Waals surface area contributed by atoms with Crippen LogP contribution in [0.15, 0.2) is 30.6 Å². The van der Waals surface area contributed by atoms with Crippen molar-refractivity contribution in [1.29, 1.82) is 0 Å². The van der Waals surface area contributed by atoms with E-state index in [0.29, 0.717) is 19.7 Å². The normalized spacial score (nSPS) is 18.6. The second-order valence-corrected chi connectivity index (χ2v) is 7.72. The lowest BCUT2D eigenvalue weighted by atomic mass is 10.1. The Bertz CT molecular complexity index is 869. The monoisotopic (exact) mass is 411 g/mol. The minimum Gasteiger partial charge on any atom is -0.494 e. The number of rotatable bonds is 7. The van der Waals surface area contributed by atoms with Crippen LogP contribution in [0.4, 0.5) is 5.95 Å². The lowest BCUT2D eigenvalue weighted by molar-refractivity contribution is -0.122. The van der Waals surface area contributed by atoms with Crippen LogP contribution in [0.2, 0.25) is 0 Å². The minimum atomic E-state index is 0.0108. The molecular formula is C22H29N5O3. The Hall–Kier alpha value is -2.87. The summed E-state index contributed by atoms with van der Waals surface area (Å²) in [5.74, 6) is 2.48. The van der Waals surface area contributed by atoms with E-state index in [2.05, 4.69) is 38.1 Å². The Kier molecular flexibility index (Phi) is 6.32. The minimum absolute atomic E-state index is 0.0108. The van der Waals surface area contributed by atoms with Crippen LogP contribution in [-0.2, 0) is 17.8 Å². The molecule has 8 heteroatoms. The summed E-state index contributed by atoms with van der Waals surface area (Å²) in [5, 5.41) is 3.04. The quantitative estimate of drug-likeness (QED) is 0.742. The molecule has 8 nitrogen and oxygen atoms in total. The number of amides is 1. The Morgan fingerprint density at radius 2 is 2.00 bits per heavy atom. The van der Waals surface area contributed by atoms with Gasteiger partial charge < -0.3 is 19.7 Å². The van der Waals surface area contributed by atoms with Crippen molar-refractivity contribution in [2.45, 2.75) is 32.9 Å². The van der Waals surface area contributed by atoms with Crippen LogP contribution in [0.5, 0.6) is 11.5 Å². The number of anilines is 1. The molecule has 2 aliphatic rings. The molecule has 4 rings (SSSR count). The second-order valence-electron chi connectivity index (χ2n) is 7.72. The van der Waals surface area contributed by atoms with E-state index in [9.17, 15) is 4.79 Å². The summed E-state index contributed by atoms with van der Waals surface area (Å²) in [6, 6.07) is 5.87. The first-order chi connectivity index (χ1) is 14.6. The van der Waals surface area contributed by atoms with Gasteiger partial charge in [-0.05, 0) is 32.0 Å². The molecule has 0 radical (unpaired) electrons. The molecule has 1 fully saturated rings. The maximum atomic E-state index is 12.5. The molecule has 1 saturated heterocycles. The summed E-state index contributed by atoms with van der Waals surface area (Å²) >= 11 is 0. The number of nitrogens with one attached hydrogen (secondary N) is 1. The number of hydrogen-bond donors (Lipinski definition) is 1. The van der Waals surface area contributed by atoms with Gasteiger partial charge in [-0.15, -0.1) is 0 Å². The number of carbonyl (C=O) groups is 1. The predicted octanol–water partition coefficient (Wildman–Crippen LogP) is 1.64. The number of hydrogen-bond acceptors (Lipinski definition) is 7. The molecule has 1 atom stereocenters. The van der Waals surface area contributed by atoms with E-state index in [0.717, 1.165) is 55.6 Å². The van der Waals surface area contributed by atoms with Gasteiger partial charge in [0.15, 0.2) is 0 Å². The van der Waals surface area contributed by atoms with Gasteiger partial charge in [-0.2, -0.15) is 0 Å². The Morgan fingerprint density at radius 3 is 2.73 bits per heavy atom. The molecule has 1 amide bonds. The van der Waals surface area contributed by atoms with E-state index in [4.69, 9.17) is 9.47 Å². The van der Waals surface area contributed by atoms with Crippen LogP contribution in [0.3, 0.4) is 0 Å². The summed E-state index contributed by atoms with van der Waals surface area (Å²) in [6.07, 6.45) is 4.58. The van der Waals surface area contributed by atoms with Gasteiger partial charge in [0.25, 0.3) is 0 Å². The van der Waals surface area contributed by atoms with E-state index in [1.54, 1.807) is 12.4 Å². The Morgan fingerprint density at radius 1 is 1.23 bits per heavy atom. The van der Waals surface area contributed by atoms with Crippen molar-refractivity contribution < 1.29 is 14.3 Å². The van der Waals surface area contributed by atoms with Gasteiger partial charge in [-0.3, -0.25) is 9.69 Å². The molecular weight excluding hydrogens is 382 g/mol. The smallest absolute Gasteiger partial charge is 0.234 e. The molecule has 30 heavy (non-hydrogen) atoms. The number of benzene rings is 1. The van der Waals surface area contributed by atoms with E-state index < -0.39 is 0 Å². The average molecular weight is 412 g/mol.